The average molecular weight is 342 g/mol. The minimum atomic E-state index is -3.39. The standard InChI is InChI=1S/C16H22O6S/c1-7-4-12(18)14-10(6-23(3,20)21)16(19)22-15(14)13-8(2)11(17)5-9(7)13/h8-10,12-15,18H,1,4-6H2,2-3H3. The number of carbonyl (C=O) groups is 2. The molecule has 2 saturated carbocycles. The fourth-order valence-electron chi connectivity index (χ4n) is 4.60. The van der Waals surface area contributed by atoms with Crippen LogP contribution in [0.4, 0.5) is 0 Å². The number of aliphatic hydroxyl groups is 1. The van der Waals surface area contributed by atoms with Crippen molar-refractivity contribution in [3.63, 3.8) is 0 Å². The monoisotopic (exact) mass is 342 g/mol. The van der Waals surface area contributed by atoms with Gasteiger partial charge in [-0.15, -0.1) is 0 Å². The van der Waals surface area contributed by atoms with Gasteiger partial charge in [-0.2, -0.15) is 0 Å². The Kier molecular flexibility index (Phi) is 3.92. The number of ketones is 1. The van der Waals surface area contributed by atoms with Crippen LogP contribution in [0.5, 0.6) is 0 Å². The van der Waals surface area contributed by atoms with Gasteiger partial charge < -0.3 is 9.84 Å². The Bertz CT molecular complexity index is 666. The van der Waals surface area contributed by atoms with Gasteiger partial charge in [0.25, 0.3) is 0 Å². The van der Waals surface area contributed by atoms with Crippen LogP contribution in [0.25, 0.3) is 0 Å². The molecule has 128 valence electrons. The smallest absolute Gasteiger partial charge is 0.310 e. The van der Waals surface area contributed by atoms with Crippen LogP contribution in [0.15, 0.2) is 12.2 Å². The fraction of sp³-hybridized carbons (Fsp3) is 0.750. The van der Waals surface area contributed by atoms with Crippen LogP contribution in [-0.4, -0.2) is 49.5 Å². The van der Waals surface area contributed by atoms with Gasteiger partial charge in [0.1, 0.15) is 21.7 Å². The van der Waals surface area contributed by atoms with Gasteiger partial charge in [-0.3, -0.25) is 9.59 Å². The minimum Gasteiger partial charge on any atom is -0.461 e. The first-order valence-electron chi connectivity index (χ1n) is 7.87. The first-order chi connectivity index (χ1) is 10.6. The second-order valence-corrected chi connectivity index (χ2v) is 9.44. The molecule has 3 fully saturated rings. The van der Waals surface area contributed by atoms with Crippen molar-refractivity contribution in [2.24, 2.45) is 29.6 Å². The molecular weight excluding hydrogens is 320 g/mol. The van der Waals surface area contributed by atoms with Crippen molar-refractivity contribution in [2.75, 3.05) is 12.0 Å². The molecule has 7 unspecified atom stereocenters. The highest BCUT2D eigenvalue weighted by atomic mass is 32.2. The molecule has 7 heteroatoms. The van der Waals surface area contributed by atoms with Gasteiger partial charge in [-0.1, -0.05) is 19.1 Å². The summed E-state index contributed by atoms with van der Waals surface area (Å²) >= 11 is 0. The molecule has 2 aliphatic carbocycles. The zero-order valence-corrected chi connectivity index (χ0v) is 14.1. The third-order valence-corrected chi connectivity index (χ3v) is 6.64. The molecule has 0 bridgehead atoms. The number of rotatable bonds is 2. The lowest BCUT2D eigenvalue weighted by Crippen LogP contribution is -2.39. The molecule has 3 aliphatic rings. The van der Waals surface area contributed by atoms with Crippen LogP contribution >= 0.6 is 0 Å². The highest BCUT2D eigenvalue weighted by molar-refractivity contribution is 7.90. The summed E-state index contributed by atoms with van der Waals surface area (Å²) in [6.07, 6.45) is 0.211. The highest BCUT2D eigenvalue weighted by Gasteiger charge is 2.59. The zero-order chi connectivity index (χ0) is 17.1. The van der Waals surface area contributed by atoms with Crippen LogP contribution in [0, 0.1) is 29.6 Å². The van der Waals surface area contributed by atoms with Gasteiger partial charge in [0.05, 0.1) is 17.8 Å². The number of ether oxygens (including phenoxy) is 1. The molecule has 23 heavy (non-hydrogen) atoms. The SMILES string of the molecule is C=C1CC(O)C2C(CS(C)(=O)=O)C(=O)OC2C2C(C)C(=O)CC12. The maximum Gasteiger partial charge on any atom is 0.310 e. The Balaban J connectivity index is 2.00. The maximum atomic E-state index is 12.2. The van der Waals surface area contributed by atoms with Gasteiger partial charge in [0.2, 0.25) is 0 Å². The van der Waals surface area contributed by atoms with E-state index in [1.807, 2.05) is 6.92 Å². The van der Waals surface area contributed by atoms with E-state index in [-0.39, 0.29) is 35.7 Å². The first-order valence-corrected chi connectivity index (χ1v) is 9.93. The van der Waals surface area contributed by atoms with Crippen LogP contribution in [-0.2, 0) is 24.2 Å². The predicted octanol–water partition coefficient (Wildman–Crippen LogP) is 0.351. The lowest BCUT2D eigenvalue weighted by Gasteiger charge is -2.29. The topological polar surface area (TPSA) is 97.7 Å². The van der Waals surface area contributed by atoms with E-state index in [1.165, 1.54) is 0 Å². The molecule has 1 aliphatic heterocycles. The maximum absolute atomic E-state index is 12.2. The van der Waals surface area contributed by atoms with E-state index < -0.39 is 39.9 Å². The lowest BCUT2D eigenvalue weighted by molar-refractivity contribution is -0.147. The predicted molar refractivity (Wildman–Crippen MR) is 82.1 cm³/mol. The van der Waals surface area contributed by atoms with Crippen molar-refractivity contribution in [2.45, 2.75) is 32.0 Å². The Morgan fingerprint density at radius 3 is 2.52 bits per heavy atom. The van der Waals surface area contributed by atoms with E-state index in [2.05, 4.69) is 6.58 Å². The van der Waals surface area contributed by atoms with Gasteiger partial charge >= 0.3 is 5.97 Å². The summed E-state index contributed by atoms with van der Waals surface area (Å²) in [6.45, 7) is 5.82. The molecule has 3 rings (SSSR count). The normalized spacial score (nSPS) is 43.8. The van der Waals surface area contributed by atoms with E-state index in [0.717, 1.165) is 11.8 Å². The van der Waals surface area contributed by atoms with Crippen molar-refractivity contribution in [1.82, 2.24) is 0 Å². The largest absolute Gasteiger partial charge is 0.461 e. The van der Waals surface area contributed by atoms with Crippen molar-refractivity contribution < 1.29 is 27.9 Å². The van der Waals surface area contributed by atoms with Crippen molar-refractivity contribution in [1.29, 1.82) is 0 Å². The molecule has 1 heterocycles. The lowest BCUT2D eigenvalue weighted by atomic mass is 9.77. The number of sulfone groups is 1. The Morgan fingerprint density at radius 1 is 1.26 bits per heavy atom. The number of esters is 1. The summed E-state index contributed by atoms with van der Waals surface area (Å²) in [5, 5.41) is 10.5. The molecule has 0 amide bonds. The summed E-state index contributed by atoms with van der Waals surface area (Å²) in [6, 6.07) is 0. The van der Waals surface area contributed by atoms with Crippen LogP contribution in [0.1, 0.15) is 19.8 Å². The molecule has 0 aromatic rings. The van der Waals surface area contributed by atoms with E-state index >= 15 is 0 Å². The molecule has 0 radical (unpaired) electrons. The number of carbonyl (C=O) groups excluding carboxylic acids is 2. The molecule has 0 spiro atoms. The van der Waals surface area contributed by atoms with Gasteiger partial charge in [-0.25, -0.2) is 8.42 Å². The van der Waals surface area contributed by atoms with Gasteiger partial charge in [-0.05, 0) is 12.3 Å². The third-order valence-electron chi connectivity index (χ3n) is 5.67. The summed E-state index contributed by atoms with van der Waals surface area (Å²) in [5.41, 5.74) is 0.795. The summed E-state index contributed by atoms with van der Waals surface area (Å²) in [7, 11) is -3.39. The first kappa shape index (κ1) is 16.6. The molecule has 1 saturated heterocycles. The molecular formula is C16H22O6S. The molecule has 0 aromatic heterocycles. The summed E-state index contributed by atoms with van der Waals surface area (Å²) in [5.74, 6) is -2.88. The Labute approximate surface area is 135 Å². The molecule has 7 atom stereocenters. The Hall–Kier alpha value is -1.21. The third kappa shape index (κ3) is 2.74. The average Bonchev–Trinajstić information content (AvgIpc) is 2.83. The van der Waals surface area contributed by atoms with E-state index in [0.29, 0.717) is 6.42 Å². The van der Waals surface area contributed by atoms with Crippen molar-refractivity contribution >= 4 is 21.6 Å². The number of Topliss-reactive ketones (excluding diaryl/α,β-unsaturated/α-hetero) is 1. The summed E-state index contributed by atoms with van der Waals surface area (Å²) < 4.78 is 28.8. The quantitative estimate of drug-likeness (QED) is 0.574. The zero-order valence-electron chi connectivity index (χ0n) is 13.3. The van der Waals surface area contributed by atoms with Crippen LogP contribution in [0.2, 0.25) is 0 Å². The van der Waals surface area contributed by atoms with Crippen molar-refractivity contribution in [3.05, 3.63) is 12.2 Å². The van der Waals surface area contributed by atoms with Gasteiger partial charge in [0, 0.05) is 30.4 Å². The van der Waals surface area contributed by atoms with Gasteiger partial charge in [0.15, 0.2) is 0 Å². The second-order valence-electron chi connectivity index (χ2n) is 7.25. The van der Waals surface area contributed by atoms with E-state index in [9.17, 15) is 23.1 Å². The number of fused-ring (bicyclic) bond motifs is 3. The van der Waals surface area contributed by atoms with Crippen LogP contribution < -0.4 is 0 Å². The molecule has 6 nitrogen and oxygen atoms in total. The number of hydrogen-bond donors (Lipinski definition) is 1. The number of hydrogen-bond acceptors (Lipinski definition) is 6. The van der Waals surface area contributed by atoms with Crippen LogP contribution in [0.3, 0.4) is 0 Å². The van der Waals surface area contributed by atoms with Crippen molar-refractivity contribution in [3.8, 4) is 0 Å². The Morgan fingerprint density at radius 2 is 1.91 bits per heavy atom. The number of aliphatic hydroxyl groups excluding tert-OH is 1. The molecule has 0 aromatic carbocycles. The summed E-state index contributed by atoms with van der Waals surface area (Å²) in [4.78, 5) is 24.3. The minimum absolute atomic E-state index is 0.105. The highest BCUT2D eigenvalue weighted by Crippen LogP contribution is 2.51. The second kappa shape index (κ2) is 5.41. The van der Waals surface area contributed by atoms with E-state index in [1.54, 1.807) is 0 Å². The molecule has 1 N–H and O–H groups in total. The van der Waals surface area contributed by atoms with E-state index in [4.69, 9.17) is 4.74 Å². The fourth-order valence-corrected chi connectivity index (χ4v) is 5.61.